The predicted molar refractivity (Wildman–Crippen MR) is 176 cm³/mol. The number of carboxylic acids is 3. The van der Waals surface area contributed by atoms with Gasteiger partial charge in [0, 0.05) is 18.9 Å². The largest absolute Gasteiger partial charge is 0.481 e. The van der Waals surface area contributed by atoms with Crippen molar-refractivity contribution in [2.45, 2.75) is 75.7 Å². The summed E-state index contributed by atoms with van der Waals surface area (Å²) >= 11 is 0. The standard InChI is InChI=1S/C29H36N5O18P/c1-12(25(42)31-17(28(46)47)4-6-21(38)30-16(27(44)45)5-7-22(39)40)52-53(49,50)51-11-20(37)23(41)19(36)10-34-18-9-14(35)3-2-13(18)8-15-24(34)32-29(48)33-26(15)43/h2-3,8-9,12,16-17,19-20,23,36-37,41H,4-7,10-11H2,1H3,(H,30,38)(H,31,42)(H,39,40)(H,44,45)(H,46,47)(H,49,50)(H2,32,33,43,48)/t12-,16+,17-,19-,20+,23+/m1/s1. The van der Waals surface area contributed by atoms with Crippen LogP contribution in [0, 0.1) is 0 Å². The number of rotatable bonds is 20. The molecular weight excluding hydrogens is 737 g/mol. The monoisotopic (exact) mass is 773 g/mol. The summed E-state index contributed by atoms with van der Waals surface area (Å²) in [6.45, 7) is -0.910. The third-order valence-electron chi connectivity index (χ3n) is 7.60. The van der Waals surface area contributed by atoms with Crippen LogP contribution < -0.4 is 27.3 Å². The van der Waals surface area contributed by atoms with Gasteiger partial charge >= 0.3 is 31.4 Å². The molecule has 1 aliphatic heterocycles. The Bertz CT molecular complexity index is 2040. The molecule has 0 radical (unpaired) electrons. The van der Waals surface area contributed by atoms with Crippen molar-refractivity contribution in [3.63, 3.8) is 0 Å². The number of benzene rings is 1. The Balaban J connectivity index is 1.59. The van der Waals surface area contributed by atoms with E-state index in [0.29, 0.717) is 5.56 Å². The van der Waals surface area contributed by atoms with E-state index in [-0.39, 0.29) is 16.7 Å². The van der Waals surface area contributed by atoms with Gasteiger partial charge in [-0.15, -0.1) is 0 Å². The molecule has 0 spiro atoms. The van der Waals surface area contributed by atoms with Crippen LogP contribution in [0.25, 0.3) is 22.3 Å². The number of amides is 2. The fourth-order valence-corrected chi connectivity index (χ4v) is 5.79. The topological polar surface area (TPSA) is 374 Å². The van der Waals surface area contributed by atoms with Crippen molar-refractivity contribution in [1.82, 2.24) is 25.2 Å². The normalized spacial score (nSPS) is 16.1. The van der Waals surface area contributed by atoms with Crippen LogP contribution in [0.5, 0.6) is 0 Å². The van der Waals surface area contributed by atoms with E-state index in [2.05, 4.69) is 14.0 Å². The maximum atomic E-state index is 12.5. The second-order valence-electron chi connectivity index (χ2n) is 11.6. The van der Waals surface area contributed by atoms with Crippen molar-refractivity contribution in [3.8, 4) is 11.3 Å². The number of hydrogen-bond acceptors (Lipinski definition) is 14. The van der Waals surface area contributed by atoms with E-state index in [4.69, 9.17) is 10.2 Å². The van der Waals surface area contributed by atoms with Crippen LogP contribution in [0.3, 0.4) is 0 Å². The molecule has 24 heteroatoms. The van der Waals surface area contributed by atoms with E-state index >= 15 is 0 Å². The maximum absolute atomic E-state index is 12.5. The molecule has 11 N–H and O–H groups in total. The van der Waals surface area contributed by atoms with Crippen molar-refractivity contribution >= 4 is 48.6 Å². The van der Waals surface area contributed by atoms with Crippen molar-refractivity contribution in [2.24, 2.45) is 0 Å². The molecule has 1 aromatic rings. The molecule has 0 bridgehead atoms. The molecule has 1 aromatic heterocycles. The van der Waals surface area contributed by atoms with E-state index in [1.54, 1.807) is 0 Å². The number of carbonyl (C=O) groups excluding carboxylic acids is 2. The first-order valence-corrected chi connectivity index (χ1v) is 17.0. The molecular formula is C29H36N5O18P. The minimum absolute atomic E-state index is 0.0585. The quantitative estimate of drug-likeness (QED) is 0.0399. The van der Waals surface area contributed by atoms with Gasteiger partial charge in [0.1, 0.15) is 42.1 Å². The summed E-state index contributed by atoms with van der Waals surface area (Å²) in [6.07, 6.45) is -10.3. The zero-order valence-electron chi connectivity index (χ0n) is 27.5. The number of nitrogens with zero attached hydrogens (tertiary/aromatic N) is 1. The van der Waals surface area contributed by atoms with Gasteiger partial charge in [-0.3, -0.25) is 43.0 Å². The molecule has 0 saturated heterocycles. The van der Waals surface area contributed by atoms with Crippen LogP contribution in [0.4, 0.5) is 0 Å². The lowest BCUT2D eigenvalue weighted by Gasteiger charge is -2.26. The Labute approximate surface area is 295 Å². The smallest absolute Gasteiger partial charge is 0.473 e. The lowest BCUT2D eigenvalue weighted by Crippen LogP contribution is -2.46. The lowest BCUT2D eigenvalue weighted by molar-refractivity contribution is -0.144. The number of pyridine rings is 1. The third-order valence-corrected chi connectivity index (χ3v) is 8.66. The molecule has 2 heterocycles. The van der Waals surface area contributed by atoms with Gasteiger partial charge in [0.15, 0.2) is 5.43 Å². The van der Waals surface area contributed by atoms with Gasteiger partial charge in [0.25, 0.3) is 5.56 Å². The molecule has 0 aromatic carbocycles. The zero-order valence-corrected chi connectivity index (χ0v) is 28.4. The van der Waals surface area contributed by atoms with E-state index in [1.165, 1.54) is 18.2 Å². The first kappa shape index (κ1) is 42.1. The molecule has 53 heavy (non-hydrogen) atoms. The van der Waals surface area contributed by atoms with Crippen LogP contribution >= 0.6 is 7.82 Å². The molecule has 23 nitrogen and oxygen atoms in total. The average molecular weight is 774 g/mol. The second kappa shape index (κ2) is 18.0. The molecule has 0 fully saturated rings. The highest BCUT2D eigenvalue weighted by atomic mass is 31.2. The van der Waals surface area contributed by atoms with Crippen molar-refractivity contribution in [2.75, 3.05) is 6.61 Å². The highest BCUT2D eigenvalue weighted by Gasteiger charge is 2.34. The minimum atomic E-state index is -5.25. The number of phosphoric acid groups is 1. The van der Waals surface area contributed by atoms with Crippen LogP contribution in [-0.4, -0.2) is 123 Å². The van der Waals surface area contributed by atoms with Gasteiger partial charge in [-0.1, -0.05) is 0 Å². The van der Waals surface area contributed by atoms with Crippen LogP contribution in [0.2, 0.25) is 0 Å². The molecule has 290 valence electrons. The Hall–Kier alpha value is -5.29. The highest BCUT2D eigenvalue weighted by Crippen LogP contribution is 2.44. The number of nitrogens with one attached hydrogen (secondary N) is 4. The Morgan fingerprint density at radius 1 is 0.887 bits per heavy atom. The number of aliphatic hydroxyl groups is 3. The molecule has 7 atom stereocenters. The maximum Gasteiger partial charge on any atom is 0.473 e. The Morgan fingerprint density at radius 2 is 1.51 bits per heavy atom. The van der Waals surface area contributed by atoms with Gasteiger partial charge in [0.2, 0.25) is 11.8 Å². The number of fused-ring (bicyclic) bond motifs is 2. The van der Waals surface area contributed by atoms with Crippen LogP contribution in [-0.2, 0) is 44.1 Å². The number of aliphatic hydroxyl groups excluding tert-OH is 3. The van der Waals surface area contributed by atoms with Gasteiger partial charge < -0.3 is 50.7 Å². The van der Waals surface area contributed by atoms with Crippen LogP contribution in [0.15, 0.2) is 38.6 Å². The van der Waals surface area contributed by atoms with Crippen LogP contribution in [0.1, 0.15) is 32.6 Å². The lowest BCUT2D eigenvalue weighted by atomic mass is 10.0. The summed E-state index contributed by atoms with van der Waals surface area (Å²) in [6, 6.07) is 1.70. The number of H-pyrrole nitrogens is 2. The highest BCUT2D eigenvalue weighted by molar-refractivity contribution is 7.47. The van der Waals surface area contributed by atoms with Gasteiger partial charge in [-0.05, 0) is 43.5 Å². The third kappa shape index (κ3) is 11.9. The summed E-state index contributed by atoms with van der Waals surface area (Å²) in [7, 11) is -5.25. The number of hydrogen-bond donors (Lipinski definition) is 11. The predicted octanol–water partition coefficient (Wildman–Crippen LogP) is -3.13. The number of phosphoric ester groups is 1. The number of aliphatic carboxylic acids is 3. The summed E-state index contributed by atoms with van der Waals surface area (Å²) in [5.41, 5.74) is -1.91. The summed E-state index contributed by atoms with van der Waals surface area (Å²) in [4.78, 5) is 109. The Kier molecular flexibility index (Phi) is 14.3. The number of carbonyl (C=O) groups is 5. The summed E-state index contributed by atoms with van der Waals surface area (Å²) in [5, 5.41) is 63.0. The second-order valence-corrected chi connectivity index (χ2v) is 13.0. The molecule has 1 unspecified atom stereocenters. The SMILES string of the molecule is C[C@@H](OP(=O)(O)OC[C@H](O)[C@@H](O)[C@H](O)Cn1c2cc(=O)ccc-2cc2c(=O)[nH]c(=O)[nH]c21)C(=O)N[C@H](CCC(=O)N[C@@H](CCC(=O)O)C(=O)O)C(=O)O. The molecule has 2 aliphatic rings. The number of aromatic nitrogens is 3. The number of aromatic amines is 2. The van der Waals surface area contributed by atoms with Gasteiger partial charge in [0.05, 0.1) is 24.2 Å². The van der Waals surface area contributed by atoms with E-state index in [9.17, 15) is 68.2 Å². The van der Waals surface area contributed by atoms with Gasteiger partial charge in [-0.2, -0.15) is 0 Å². The fourth-order valence-electron chi connectivity index (χ4n) is 4.89. The molecule has 0 saturated carbocycles. The minimum Gasteiger partial charge on any atom is -0.481 e. The first-order valence-electron chi connectivity index (χ1n) is 15.5. The average Bonchev–Trinajstić information content (AvgIpc) is 3.06. The van der Waals surface area contributed by atoms with E-state index in [0.717, 1.165) is 17.6 Å². The van der Waals surface area contributed by atoms with Gasteiger partial charge in [-0.25, -0.2) is 18.9 Å². The van der Waals surface area contributed by atoms with Crippen molar-refractivity contribution < 1.29 is 73.1 Å². The molecule has 1 aliphatic carbocycles. The molecule has 3 rings (SSSR count). The van der Waals surface area contributed by atoms with Crippen molar-refractivity contribution in [3.05, 3.63) is 55.3 Å². The van der Waals surface area contributed by atoms with E-state index in [1.807, 2.05) is 15.6 Å². The fraction of sp³-hybridized carbons (Fsp3) is 0.448. The Morgan fingerprint density at radius 3 is 2.13 bits per heavy atom. The summed E-state index contributed by atoms with van der Waals surface area (Å²) in [5.74, 6) is -6.76. The summed E-state index contributed by atoms with van der Waals surface area (Å²) < 4.78 is 23.0. The van der Waals surface area contributed by atoms with Crippen molar-refractivity contribution in [1.29, 1.82) is 0 Å². The zero-order chi connectivity index (χ0) is 39.8. The molecule has 2 amide bonds. The number of carboxylic acid groups (broad SMARTS) is 3. The first-order chi connectivity index (χ1) is 24.7. The van der Waals surface area contributed by atoms with E-state index < -0.39 is 130 Å².